The molecule has 0 N–H and O–H groups in total. The number of rotatable bonds is 6. The third-order valence-electron chi connectivity index (χ3n) is 5.17. The molecule has 0 unspecified atom stereocenters. The second-order valence-corrected chi connectivity index (χ2v) is 8.63. The summed E-state index contributed by atoms with van der Waals surface area (Å²) in [6.45, 7) is 3.31. The maximum atomic E-state index is 13.4. The molecule has 5 nitrogen and oxygen atoms in total. The van der Waals surface area contributed by atoms with Crippen molar-refractivity contribution < 1.29 is 23.5 Å². The third-order valence-corrected chi connectivity index (χ3v) is 6.81. The number of aromatic nitrogens is 1. The summed E-state index contributed by atoms with van der Waals surface area (Å²) in [5, 5.41) is 0.763. The fourth-order valence-corrected chi connectivity index (χ4v) is 5.05. The molecular formula is C24H19ClFNO4S. The predicted octanol–water partition coefficient (Wildman–Crippen LogP) is 6.15. The normalized spacial score (nSPS) is 11.0. The molecular weight excluding hydrogens is 453 g/mol. The number of esters is 1. The molecule has 0 aliphatic rings. The van der Waals surface area contributed by atoms with Gasteiger partial charge in [0.15, 0.2) is 6.61 Å². The van der Waals surface area contributed by atoms with Crippen molar-refractivity contribution in [1.29, 1.82) is 0 Å². The summed E-state index contributed by atoms with van der Waals surface area (Å²) in [6, 6.07) is 13.4. The van der Waals surface area contributed by atoms with Crippen molar-refractivity contribution in [3.05, 3.63) is 81.2 Å². The smallest absolute Gasteiger partial charge is 0.350 e. The minimum Gasteiger partial charge on any atom is -0.497 e. The maximum Gasteiger partial charge on any atom is 0.350 e. The first kappa shape index (κ1) is 22.0. The Morgan fingerprint density at radius 1 is 1.09 bits per heavy atom. The van der Waals surface area contributed by atoms with Gasteiger partial charge in [0.25, 0.3) is 0 Å². The highest BCUT2D eigenvalue weighted by Crippen LogP contribution is 2.36. The molecule has 32 heavy (non-hydrogen) atoms. The molecule has 0 aliphatic heterocycles. The van der Waals surface area contributed by atoms with Gasteiger partial charge >= 0.3 is 5.97 Å². The van der Waals surface area contributed by atoms with Gasteiger partial charge in [0.05, 0.1) is 12.1 Å². The summed E-state index contributed by atoms with van der Waals surface area (Å²) >= 11 is 7.30. The number of benzene rings is 2. The highest BCUT2D eigenvalue weighted by molar-refractivity contribution is 7.21. The summed E-state index contributed by atoms with van der Waals surface area (Å²) in [6.07, 6.45) is 0. The summed E-state index contributed by atoms with van der Waals surface area (Å²) in [4.78, 5) is 25.5. The van der Waals surface area contributed by atoms with Crippen LogP contribution in [-0.4, -0.2) is 30.0 Å². The van der Waals surface area contributed by atoms with Gasteiger partial charge in [-0.2, -0.15) is 0 Å². The van der Waals surface area contributed by atoms with E-state index in [1.165, 1.54) is 18.2 Å². The number of ketones is 1. The first-order valence-corrected chi connectivity index (χ1v) is 10.9. The van der Waals surface area contributed by atoms with E-state index in [0.717, 1.165) is 34.2 Å². The van der Waals surface area contributed by atoms with Gasteiger partial charge in [-0.1, -0.05) is 11.6 Å². The van der Waals surface area contributed by atoms with E-state index in [-0.39, 0.29) is 15.7 Å². The number of carbonyl (C=O) groups is 2. The zero-order valence-corrected chi connectivity index (χ0v) is 19.1. The second kappa shape index (κ2) is 8.76. The average Bonchev–Trinajstić information content (AvgIpc) is 3.27. The second-order valence-electron chi connectivity index (χ2n) is 7.20. The number of methoxy groups -OCH3 is 1. The number of ether oxygens (including phenoxy) is 2. The molecule has 4 rings (SSSR count). The fourth-order valence-electron chi connectivity index (χ4n) is 3.62. The minimum atomic E-state index is -0.714. The number of aryl methyl sites for hydroxylation is 1. The lowest BCUT2D eigenvalue weighted by atomic mass is 10.1. The minimum absolute atomic E-state index is 0.142. The molecule has 0 saturated carbocycles. The summed E-state index contributed by atoms with van der Waals surface area (Å²) < 4.78 is 26.4. The number of thiophene rings is 1. The highest BCUT2D eigenvalue weighted by Gasteiger charge is 2.22. The van der Waals surface area contributed by atoms with Crippen LogP contribution in [0.5, 0.6) is 5.75 Å². The molecule has 2 heterocycles. The number of hydrogen-bond acceptors (Lipinski definition) is 5. The lowest BCUT2D eigenvalue weighted by Crippen LogP contribution is -2.14. The SMILES string of the molecule is COc1ccc(-n2c(C)cc(C(=O)COC(=O)c3sc4cc(F)ccc4c3Cl)c2C)cc1. The van der Waals surface area contributed by atoms with Crippen molar-refractivity contribution >= 4 is 44.8 Å². The molecule has 8 heteroatoms. The standard InChI is InChI=1S/C24H19ClFNO4S/c1-13-10-19(14(2)27(13)16-5-7-17(30-3)8-6-16)20(28)12-31-24(29)23-22(25)18-9-4-15(26)11-21(18)32-23/h4-11H,12H2,1-3H3. The van der Waals surface area contributed by atoms with Gasteiger partial charge in [-0.05, 0) is 62.4 Å². The van der Waals surface area contributed by atoms with Gasteiger partial charge in [0.1, 0.15) is 16.4 Å². The first-order valence-electron chi connectivity index (χ1n) is 9.71. The number of halogens is 2. The van der Waals surface area contributed by atoms with Gasteiger partial charge in [-0.15, -0.1) is 11.3 Å². The van der Waals surface area contributed by atoms with E-state index in [1.54, 1.807) is 13.2 Å². The number of carbonyl (C=O) groups excluding carboxylic acids is 2. The van der Waals surface area contributed by atoms with Gasteiger partial charge < -0.3 is 14.0 Å². The topological polar surface area (TPSA) is 57.5 Å². The zero-order chi connectivity index (χ0) is 23.0. The van der Waals surface area contributed by atoms with Crippen molar-refractivity contribution in [2.24, 2.45) is 0 Å². The summed E-state index contributed by atoms with van der Waals surface area (Å²) in [7, 11) is 1.60. The van der Waals surface area contributed by atoms with Crippen LogP contribution in [-0.2, 0) is 4.74 Å². The van der Waals surface area contributed by atoms with E-state index in [1.807, 2.05) is 42.7 Å². The Hall–Kier alpha value is -3.16. The zero-order valence-electron chi connectivity index (χ0n) is 17.6. The molecule has 2 aromatic carbocycles. The molecule has 0 saturated heterocycles. The summed E-state index contributed by atoms with van der Waals surface area (Å²) in [5.41, 5.74) is 2.97. The third kappa shape index (κ3) is 4.01. The van der Waals surface area contributed by atoms with Gasteiger partial charge in [0, 0.05) is 32.7 Å². The predicted molar refractivity (Wildman–Crippen MR) is 123 cm³/mol. The van der Waals surface area contributed by atoms with Crippen molar-refractivity contribution in [2.45, 2.75) is 13.8 Å². The Bertz CT molecular complexity index is 1340. The molecule has 2 aromatic heterocycles. The Kier molecular flexibility index (Phi) is 6.04. The largest absolute Gasteiger partial charge is 0.497 e. The number of Topliss-reactive ketones (excluding diaryl/α,β-unsaturated/α-hetero) is 1. The van der Waals surface area contributed by atoms with Crippen molar-refractivity contribution in [1.82, 2.24) is 4.57 Å². The van der Waals surface area contributed by atoms with Crippen LogP contribution in [0, 0.1) is 19.7 Å². The Labute approximate surface area is 192 Å². The lowest BCUT2D eigenvalue weighted by Gasteiger charge is -2.10. The van der Waals surface area contributed by atoms with Crippen LogP contribution in [0.3, 0.4) is 0 Å². The molecule has 4 aromatic rings. The van der Waals surface area contributed by atoms with Crippen LogP contribution >= 0.6 is 22.9 Å². The number of fused-ring (bicyclic) bond motifs is 1. The van der Waals surface area contributed by atoms with Crippen LogP contribution in [0.25, 0.3) is 15.8 Å². The van der Waals surface area contributed by atoms with E-state index in [4.69, 9.17) is 21.1 Å². The van der Waals surface area contributed by atoms with Crippen LogP contribution in [0.1, 0.15) is 31.4 Å². The first-order chi connectivity index (χ1) is 15.3. The fraction of sp³-hybridized carbons (Fsp3) is 0.167. The molecule has 0 radical (unpaired) electrons. The van der Waals surface area contributed by atoms with E-state index in [2.05, 4.69) is 0 Å². The number of nitrogens with zero attached hydrogens (tertiary/aromatic N) is 1. The molecule has 164 valence electrons. The van der Waals surface area contributed by atoms with E-state index < -0.39 is 18.4 Å². The van der Waals surface area contributed by atoms with Crippen molar-refractivity contribution in [3.8, 4) is 11.4 Å². The quantitative estimate of drug-likeness (QED) is 0.250. The van der Waals surface area contributed by atoms with Gasteiger partial charge in [-0.3, -0.25) is 4.79 Å². The van der Waals surface area contributed by atoms with E-state index in [0.29, 0.717) is 15.6 Å². The molecule has 0 fully saturated rings. The van der Waals surface area contributed by atoms with Crippen LogP contribution in [0.4, 0.5) is 4.39 Å². The van der Waals surface area contributed by atoms with E-state index >= 15 is 0 Å². The molecule has 0 bridgehead atoms. The van der Waals surface area contributed by atoms with E-state index in [9.17, 15) is 14.0 Å². The Morgan fingerprint density at radius 3 is 2.50 bits per heavy atom. The molecule has 0 atom stereocenters. The van der Waals surface area contributed by atoms with Crippen molar-refractivity contribution in [2.75, 3.05) is 13.7 Å². The lowest BCUT2D eigenvalue weighted by molar-refractivity contribution is 0.0479. The van der Waals surface area contributed by atoms with Gasteiger partial charge in [0.2, 0.25) is 5.78 Å². The maximum absolute atomic E-state index is 13.4. The number of hydrogen-bond donors (Lipinski definition) is 0. The Balaban J connectivity index is 1.52. The summed E-state index contributed by atoms with van der Waals surface area (Å²) in [5.74, 6) is -0.719. The van der Waals surface area contributed by atoms with Gasteiger partial charge in [-0.25, -0.2) is 9.18 Å². The highest BCUT2D eigenvalue weighted by atomic mass is 35.5. The Morgan fingerprint density at radius 2 is 1.81 bits per heavy atom. The monoisotopic (exact) mass is 471 g/mol. The molecule has 0 spiro atoms. The molecule has 0 aliphatic carbocycles. The average molecular weight is 472 g/mol. The van der Waals surface area contributed by atoms with Crippen molar-refractivity contribution in [3.63, 3.8) is 0 Å². The van der Waals surface area contributed by atoms with Crippen LogP contribution in [0.15, 0.2) is 48.5 Å². The van der Waals surface area contributed by atoms with Crippen LogP contribution < -0.4 is 4.74 Å². The molecule has 0 amide bonds. The van der Waals surface area contributed by atoms with Crippen LogP contribution in [0.2, 0.25) is 5.02 Å².